The third-order valence-corrected chi connectivity index (χ3v) is 3.71. The van der Waals surface area contributed by atoms with Crippen LogP contribution < -0.4 is 4.90 Å². The standard InChI is InChI=1S/C14H22BrNO2/c1-11(18)13-7-6-12(10-14(13)15)16(2)8-4-3-5-9-17/h6-7,10-11,17-18H,3-5,8-9H2,1-2H3/t11-/m0/s1. The molecule has 0 aliphatic carbocycles. The van der Waals surface area contributed by atoms with E-state index in [0.717, 1.165) is 41.5 Å². The topological polar surface area (TPSA) is 43.7 Å². The van der Waals surface area contributed by atoms with Crippen molar-refractivity contribution < 1.29 is 10.2 Å². The van der Waals surface area contributed by atoms with Gasteiger partial charge in [-0.25, -0.2) is 0 Å². The summed E-state index contributed by atoms with van der Waals surface area (Å²) >= 11 is 3.49. The maximum Gasteiger partial charge on any atom is 0.0772 e. The van der Waals surface area contributed by atoms with Gasteiger partial charge in [-0.1, -0.05) is 22.0 Å². The summed E-state index contributed by atoms with van der Waals surface area (Å²) in [7, 11) is 2.06. The molecule has 0 radical (unpaired) electrons. The van der Waals surface area contributed by atoms with Gasteiger partial charge in [0.15, 0.2) is 0 Å². The van der Waals surface area contributed by atoms with Crippen LogP contribution in [0.4, 0.5) is 5.69 Å². The summed E-state index contributed by atoms with van der Waals surface area (Å²) in [4.78, 5) is 2.19. The highest BCUT2D eigenvalue weighted by Gasteiger charge is 2.08. The van der Waals surface area contributed by atoms with Crippen molar-refractivity contribution in [2.24, 2.45) is 0 Å². The Bertz CT molecular complexity index is 369. The van der Waals surface area contributed by atoms with Gasteiger partial charge in [0.25, 0.3) is 0 Å². The second-order valence-electron chi connectivity index (χ2n) is 4.59. The molecule has 0 unspecified atom stereocenters. The van der Waals surface area contributed by atoms with Crippen LogP contribution in [-0.2, 0) is 0 Å². The lowest BCUT2D eigenvalue weighted by Gasteiger charge is -2.20. The first-order valence-corrected chi connectivity index (χ1v) is 7.15. The highest BCUT2D eigenvalue weighted by molar-refractivity contribution is 9.10. The van der Waals surface area contributed by atoms with E-state index in [4.69, 9.17) is 5.11 Å². The van der Waals surface area contributed by atoms with Crippen molar-refractivity contribution in [3.63, 3.8) is 0 Å². The molecule has 0 aliphatic rings. The molecule has 0 amide bonds. The van der Waals surface area contributed by atoms with Crippen molar-refractivity contribution >= 4 is 21.6 Å². The van der Waals surface area contributed by atoms with Crippen molar-refractivity contribution in [1.82, 2.24) is 0 Å². The monoisotopic (exact) mass is 315 g/mol. The number of aliphatic hydroxyl groups is 2. The number of hydrogen-bond acceptors (Lipinski definition) is 3. The van der Waals surface area contributed by atoms with Crippen molar-refractivity contribution in [3.05, 3.63) is 28.2 Å². The van der Waals surface area contributed by atoms with Gasteiger partial charge in [0.1, 0.15) is 0 Å². The molecule has 1 atom stereocenters. The molecule has 2 N–H and O–H groups in total. The number of unbranched alkanes of at least 4 members (excludes halogenated alkanes) is 2. The molecule has 1 aromatic rings. The Morgan fingerprint density at radius 1 is 1.28 bits per heavy atom. The summed E-state index contributed by atoms with van der Waals surface area (Å²) in [5, 5.41) is 18.3. The Balaban J connectivity index is 2.58. The second-order valence-corrected chi connectivity index (χ2v) is 5.44. The minimum Gasteiger partial charge on any atom is -0.396 e. The first kappa shape index (κ1) is 15.5. The Hall–Kier alpha value is -0.580. The van der Waals surface area contributed by atoms with Gasteiger partial charge in [-0.3, -0.25) is 0 Å². The molecule has 1 rings (SSSR count). The molecule has 0 heterocycles. The fraction of sp³-hybridized carbons (Fsp3) is 0.571. The lowest BCUT2D eigenvalue weighted by Crippen LogP contribution is -2.18. The molecule has 0 spiro atoms. The zero-order chi connectivity index (χ0) is 13.5. The van der Waals surface area contributed by atoms with Gasteiger partial charge in [-0.2, -0.15) is 0 Å². The maximum atomic E-state index is 9.57. The van der Waals surface area contributed by atoms with Crippen molar-refractivity contribution in [2.75, 3.05) is 25.1 Å². The summed E-state index contributed by atoms with van der Waals surface area (Å²) in [5.74, 6) is 0. The number of benzene rings is 1. The van der Waals surface area contributed by atoms with Crippen LogP contribution >= 0.6 is 15.9 Å². The van der Waals surface area contributed by atoms with Crippen LogP contribution in [-0.4, -0.2) is 30.4 Å². The highest BCUT2D eigenvalue weighted by Crippen LogP contribution is 2.27. The van der Waals surface area contributed by atoms with Gasteiger partial charge < -0.3 is 15.1 Å². The smallest absolute Gasteiger partial charge is 0.0772 e. The zero-order valence-corrected chi connectivity index (χ0v) is 12.7. The summed E-state index contributed by atoms with van der Waals surface area (Å²) in [5.41, 5.74) is 2.04. The lowest BCUT2D eigenvalue weighted by molar-refractivity contribution is 0.198. The molecule has 3 nitrogen and oxygen atoms in total. The quantitative estimate of drug-likeness (QED) is 0.760. The molecule has 18 heavy (non-hydrogen) atoms. The average molecular weight is 316 g/mol. The predicted molar refractivity (Wildman–Crippen MR) is 79.0 cm³/mol. The number of hydrogen-bond donors (Lipinski definition) is 2. The van der Waals surface area contributed by atoms with Crippen molar-refractivity contribution in [3.8, 4) is 0 Å². The van der Waals surface area contributed by atoms with E-state index in [2.05, 4.69) is 27.9 Å². The summed E-state index contributed by atoms with van der Waals surface area (Å²) in [6, 6.07) is 6.02. The predicted octanol–water partition coefficient (Wildman–Crippen LogP) is 3.10. The first-order valence-electron chi connectivity index (χ1n) is 6.35. The number of rotatable bonds is 7. The van der Waals surface area contributed by atoms with Gasteiger partial charge in [-0.15, -0.1) is 0 Å². The normalized spacial score (nSPS) is 12.5. The van der Waals surface area contributed by atoms with Crippen LogP contribution in [0.1, 0.15) is 37.9 Å². The van der Waals surface area contributed by atoms with Gasteiger partial charge in [0.2, 0.25) is 0 Å². The summed E-state index contributed by atoms with van der Waals surface area (Å²) in [6.45, 7) is 3.01. The molecule has 0 saturated heterocycles. The van der Waals surface area contributed by atoms with Crippen LogP contribution in [0.25, 0.3) is 0 Å². The third-order valence-electron chi connectivity index (χ3n) is 3.03. The van der Waals surface area contributed by atoms with E-state index in [9.17, 15) is 5.11 Å². The van der Waals surface area contributed by atoms with Crippen molar-refractivity contribution in [1.29, 1.82) is 0 Å². The molecule has 4 heteroatoms. The Morgan fingerprint density at radius 2 is 2.00 bits per heavy atom. The van der Waals surface area contributed by atoms with Crippen molar-refractivity contribution in [2.45, 2.75) is 32.3 Å². The third kappa shape index (κ3) is 4.59. The van der Waals surface area contributed by atoms with Crippen LogP contribution in [0.3, 0.4) is 0 Å². The van der Waals surface area contributed by atoms with E-state index in [1.54, 1.807) is 6.92 Å². The molecule has 0 aromatic heterocycles. The van der Waals surface area contributed by atoms with Crippen LogP contribution in [0.15, 0.2) is 22.7 Å². The van der Waals surface area contributed by atoms with Crippen LogP contribution in [0.5, 0.6) is 0 Å². The van der Waals surface area contributed by atoms with Crippen LogP contribution in [0.2, 0.25) is 0 Å². The number of halogens is 1. The van der Waals surface area contributed by atoms with E-state index in [1.807, 2.05) is 18.2 Å². The molecule has 102 valence electrons. The van der Waals surface area contributed by atoms with Crippen LogP contribution in [0, 0.1) is 0 Å². The Kier molecular flexibility index (Phi) is 6.68. The molecular weight excluding hydrogens is 294 g/mol. The molecule has 1 aromatic carbocycles. The lowest BCUT2D eigenvalue weighted by atomic mass is 10.1. The summed E-state index contributed by atoms with van der Waals surface area (Å²) < 4.78 is 0.942. The molecule has 0 fully saturated rings. The second kappa shape index (κ2) is 7.77. The van der Waals surface area contributed by atoms with Gasteiger partial charge in [-0.05, 0) is 43.9 Å². The Morgan fingerprint density at radius 3 is 2.56 bits per heavy atom. The fourth-order valence-corrected chi connectivity index (χ4v) is 2.56. The minimum atomic E-state index is -0.455. The number of anilines is 1. The average Bonchev–Trinajstić information content (AvgIpc) is 2.33. The molecule has 0 saturated carbocycles. The minimum absolute atomic E-state index is 0.276. The van der Waals surface area contributed by atoms with E-state index in [0.29, 0.717) is 0 Å². The molecule has 0 aliphatic heterocycles. The number of aliphatic hydroxyl groups excluding tert-OH is 2. The summed E-state index contributed by atoms with van der Waals surface area (Å²) in [6.07, 6.45) is 2.54. The zero-order valence-electron chi connectivity index (χ0n) is 11.1. The van der Waals surface area contributed by atoms with E-state index < -0.39 is 6.10 Å². The first-order chi connectivity index (χ1) is 8.56. The maximum absolute atomic E-state index is 9.57. The SMILES string of the molecule is C[C@H](O)c1ccc(N(C)CCCCCO)cc1Br. The molecular formula is C14H22BrNO2. The van der Waals surface area contributed by atoms with E-state index in [-0.39, 0.29) is 6.61 Å². The van der Waals surface area contributed by atoms with Gasteiger partial charge in [0.05, 0.1) is 6.10 Å². The fourth-order valence-electron chi connectivity index (χ4n) is 1.86. The Labute approximate surface area is 118 Å². The van der Waals surface area contributed by atoms with Gasteiger partial charge >= 0.3 is 0 Å². The van der Waals surface area contributed by atoms with E-state index >= 15 is 0 Å². The van der Waals surface area contributed by atoms with E-state index in [1.165, 1.54) is 0 Å². The number of nitrogens with zero attached hydrogens (tertiary/aromatic N) is 1. The van der Waals surface area contributed by atoms with Gasteiger partial charge in [0, 0.05) is 30.4 Å². The largest absolute Gasteiger partial charge is 0.396 e. The molecule has 0 bridgehead atoms. The highest BCUT2D eigenvalue weighted by atomic mass is 79.9.